The molecule has 0 aliphatic carbocycles. The van der Waals surface area contributed by atoms with Crippen LogP contribution in [0.5, 0.6) is 0 Å². The van der Waals surface area contributed by atoms with Gasteiger partial charge in [0.05, 0.1) is 10.9 Å². The van der Waals surface area contributed by atoms with Crippen LogP contribution in [-0.4, -0.2) is 25.1 Å². The molecule has 2 aromatic rings. The summed E-state index contributed by atoms with van der Waals surface area (Å²) in [6.07, 6.45) is 0.773. The minimum Gasteiger partial charge on any atom is -0.319 e. The van der Waals surface area contributed by atoms with Gasteiger partial charge in [0.25, 0.3) is 0 Å². The summed E-state index contributed by atoms with van der Waals surface area (Å²) in [7, 11) is -2.30. The molecular formula is C19H19ClNO3P. The Morgan fingerprint density at radius 3 is 2.36 bits per heavy atom. The van der Waals surface area contributed by atoms with E-state index in [9.17, 15) is 14.2 Å². The van der Waals surface area contributed by atoms with Gasteiger partial charge in [0.1, 0.15) is 7.14 Å². The number of benzene rings is 2. The van der Waals surface area contributed by atoms with Crippen molar-refractivity contribution in [3.05, 3.63) is 53.1 Å². The quantitative estimate of drug-likeness (QED) is 0.656. The summed E-state index contributed by atoms with van der Waals surface area (Å²) in [5, 5.41) is 3.70. The Labute approximate surface area is 152 Å². The van der Waals surface area contributed by atoms with Gasteiger partial charge >= 0.3 is 0 Å². The summed E-state index contributed by atoms with van der Waals surface area (Å²) in [6.45, 7) is 3.47. The fourth-order valence-electron chi connectivity index (χ4n) is 3.03. The van der Waals surface area contributed by atoms with Crippen LogP contribution in [0.15, 0.2) is 42.5 Å². The smallest absolute Gasteiger partial charge is 0.234 e. The molecule has 0 bridgehead atoms. The first-order valence-corrected chi connectivity index (χ1v) is 11.0. The summed E-state index contributed by atoms with van der Waals surface area (Å²) in [4.78, 5) is 23.5. The molecule has 1 fully saturated rings. The van der Waals surface area contributed by atoms with Crippen molar-refractivity contribution in [3.63, 3.8) is 0 Å². The van der Waals surface area contributed by atoms with Crippen molar-refractivity contribution in [1.29, 1.82) is 0 Å². The molecule has 2 aromatic carbocycles. The maximum absolute atomic E-state index is 12.2. The molecule has 130 valence electrons. The predicted molar refractivity (Wildman–Crippen MR) is 101 cm³/mol. The van der Waals surface area contributed by atoms with Gasteiger partial charge < -0.3 is 4.57 Å². The number of rotatable bonds is 3. The van der Waals surface area contributed by atoms with Crippen LogP contribution in [0.2, 0.25) is 5.02 Å². The minimum atomic E-state index is -2.30. The lowest BCUT2D eigenvalue weighted by atomic mass is 9.88. The first kappa shape index (κ1) is 17.9. The number of hydrogen-bond acceptors (Lipinski definition) is 3. The van der Waals surface area contributed by atoms with Crippen molar-refractivity contribution in [1.82, 2.24) is 5.32 Å². The SMILES string of the molecule is CP(C)(=O)c1ccc(-c2cccc(C3CCC(=O)NC3=O)c2Cl)cc1. The van der Waals surface area contributed by atoms with Crippen LogP contribution in [0.25, 0.3) is 11.1 Å². The number of amides is 2. The molecule has 4 nitrogen and oxygen atoms in total. The lowest BCUT2D eigenvalue weighted by molar-refractivity contribution is -0.134. The maximum atomic E-state index is 12.2. The van der Waals surface area contributed by atoms with Crippen molar-refractivity contribution in [3.8, 4) is 11.1 Å². The van der Waals surface area contributed by atoms with E-state index in [1.54, 1.807) is 13.3 Å². The highest BCUT2D eigenvalue weighted by Crippen LogP contribution is 2.38. The number of carbonyl (C=O) groups is 2. The van der Waals surface area contributed by atoms with E-state index in [0.717, 1.165) is 22.0 Å². The molecule has 1 aliphatic rings. The number of halogens is 1. The maximum Gasteiger partial charge on any atom is 0.234 e. The van der Waals surface area contributed by atoms with Gasteiger partial charge in [-0.3, -0.25) is 14.9 Å². The van der Waals surface area contributed by atoms with Gasteiger partial charge in [-0.05, 0) is 30.9 Å². The number of carbonyl (C=O) groups excluding carboxylic acids is 2. The third-order valence-electron chi connectivity index (χ3n) is 4.44. The topological polar surface area (TPSA) is 63.2 Å². The zero-order valence-electron chi connectivity index (χ0n) is 14.1. The zero-order chi connectivity index (χ0) is 18.2. The van der Waals surface area contributed by atoms with Crippen LogP contribution >= 0.6 is 18.7 Å². The van der Waals surface area contributed by atoms with Gasteiger partial charge in [0, 0.05) is 17.3 Å². The molecule has 1 atom stereocenters. The Bertz CT molecular complexity index is 886. The highest BCUT2D eigenvalue weighted by atomic mass is 35.5. The molecule has 0 radical (unpaired) electrons. The fourth-order valence-corrected chi connectivity index (χ4v) is 4.27. The van der Waals surface area contributed by atoms with Crippen molar-refractivity contribution in [2.24, 2.45) is 0 Å². The largest absolute Gasteiger partial charge is 0.319 e. The predicted octanol–water partition coefficient (Wildman–Crippen LogP) is 3.78. The minimum absolute atomic E-state index is 0.243. The molecule has 1 unspecified atom stereocenters. The number of imide groups is 1. The highest BCUT2D eigenvalue weighted by Gasteiger charge is 2.30. The summed E-state index contributed by atoms with van der Waals surface area (Å²) in [5.41, 5.74) is 2.44. The van der Waals surface area contributed by atoms with Crippen molar-refractivity contribution < 1.29 is 14.2 Å². The van der Waals surface area contributed by atoms with Crippen LogP contribution in [-0.2, 0) is 14.2 Å². The first-order valence-electron chi connectivity index (χ1n) is 8.05. The molecule has 1 saturated heterocycles. The Morgan fingerprint density at radius 2 is 1.76 bits per heavy atom. The Morgan fingerprint density at radius 1 is 1.08 bits per heavy atom. The monoisotopic (exact) mass is 375 g/mol. The van der Waals surface area contributed by atoms with E-state index in [1.807, 2.05) is 42.5 Å². The molecule has 1 heterocycles. The zero-order valence-corrected chi connectivity index (χ0v) is 15.7. The van der Waals surface area contributed by atoms with Gasteiger partial charge in [-0.2, -0.15) is 0 Å². The van der Waals surface area contributed by atoms with E-state index in [1.165, 1.54) is 0 Å². The summed E-state index contributed by atoms with van der Waals surface area (Å²) < 4.78 is 12.2. The van der Waals surface area contributed by atoms with Gasteiger partial charge in [0.15, 0.2) is 0 Å². The Kier molecular flexibility index (Phi) is 4.86. The third kappa shape index (κ3) is 3.70. The fraction of sp³-hybridized carbons (Fsp3) is 0.263. The van der Waals surface area contributed by atoms with Crippen LogP contribution in [0, 0.1) is 0 Å². The summed E-state index contributed by atoms with van der Waals surface area (Å²) >= 11 is 6.59. The molecule has 1 aliphatic heterocycles. The molecule has 1 N–H and O–H groups in total. The van der Waals surface area contributed by atoms with Crippen LogP contribution < -0.4 is 10.6 Å². The van der Waals surface area contributed by atoms with Crippen LogP contribution in [0.4, 0.5) is 0 Å². The molecule has 3 rings (SSSR count). The third-order valence-corrected chi connectivity index (χ3v) is 6.41. The molecular weight excluding hydrogens is 357 g/mol. The second kappa shape index (κ2) is 6.78. The second-order valence-corrected chi connectivity index (χ2v) is 10.2. The van der Waals surface area contributed by atoms with E-state index in [2.05, 4.69) is 5.32 Å². The van der Waals surface area contributed by atoms with Crippen molar-refractivity contribution >= 4 is 35.9 Å². The highest BCUT2D eigenvalue weighted by molar-refractivity contribution is 7.70. The number of piperidine rings is 1. The van der Waals surface area contributed by atoms with E-state index >= 15 is 0 Å². The van der Waals surface area contributed by atoms with E-state index in [0.29, 0.717) is 17.9 Å². The average Bonchev–Trinajstić information content (AvgIpc) is 2.55. The van der Waals surface area contributed by atoms with Gasteiger partial charge in [0.2, 0.25) is 11.8 Å². The summed E-state index contributed by atoms with van der Waals surface area (Å²) in [6, 6.07) is 13.1. The van der Waals surface area contributed by atoms with Crippen molar-refractivity contribution in [2.45, 2.75) is 18.8 Å². The lowest BCUT2D eigenvalue weighted by Crippen LogP contribution is -2.39. The van der Waals surface area contributed by atoms with Gasteiger partial charge in [-0.1, -0.05) is 54.1 Å². The van der Waals surface area contributed by atoms with Crippen LogP contribution in [0.1, 0.15) is 24.3 Å². The Hall–Kier alpha value is -1.90. The molecule has 0 spiro atoms. The average molecular weight is 376 g/mol. The molecule has 0 saturated carbocycles. The normalized spacial score (nSPS) is 18.1. The standard InChI is InChI=1S/C19H19ClNO3P/c1-25(2,24)13-8-6-12(7-9-13)14-4-3-5-15(18(14)20)16-10-11-17(22)21-19(16)23/h3-9,16H,10-11H2,1-2H3,(H,21,22,23). The van der Waals surface area contributed by atoms with E-state index in [4.69, 9.17) is 11.6 Å². The molecule has 2 amide bonds. The second-order valence-electron chi connectivity index (χ2n) is 6.61. The van der Waals surface area contributed by atoms with Gasteiger partial charge in [-0.15, -0.1) is 0 Å². The Balaban J connectivity index is 1.98. The van der Waals surface area contributed by atoms with Gasteiger partial charge in [-0.25, -0.2) is 0 Å². The van der Waals surface area contributed by atoms with Crippen molar-refractivity contribution in [2.75, 3.05) is 13.3 Å². The number of hydrogen-bond donors (Lipinski definition) is 1. The summed E-state index contributed by atoms with van der Waals surface area (Å²) in [5.74, 6) is -0.966. The van der Waals surface area contributed by atoms with E-state index in [-0.39, 0.29) is 11.8 Å². The lowest BCUT2D eigenvalue weighted by Gasteiger charge is -2.23. The van der Waals surface area contributed by atoms with E-state index < -0.39 is 13.1 Å². The molecule has 25 heavy (non-hydrogen) atoms. The molecule has 6 heteroatoms. The first-order chi connectivity index (χ1) is 11.8. The number of nitrogens with one attached hydrogen (secondary N) is 1. The van der Waals surface area contributed by atoms with Crippen LogP contribution in [0.3, 0.4) is 0 Å². The molecule has 0 aromatic heterocycles.